The molecule has 3 heteroatoms. The van der Waals surface area contributed by atoms with Crippen molar-refractivity contribution in [1.82, 2.24) is 10.2 Å². The molecule has 0 amide bonds. The van der Waals surface area contributed by atoms with Crippen LogP contribution in [-0.2, 0) is 0 Å². The van der Waals surface area contributed by atoms with Crippen molar-refractivity contribution >= 4 is 11.6 Å². The topological polar surface area (TPSA) is 15.3 Å². The van der Waals surface area contributed by atoms with Crippen LogP contribution in [0.4, 0.5) is 0 Å². The van der Waals surface area contributed by atoms with E-state index in [0.717, 1.165) is 24.5 Å². The molecule has 2 nitrogen and oxygen atoms in total. The van der Waals surface area contributed by atoms with Crippen LogP contribution in [0.1, 0.15) is 27.7 Å². The second-order valence-electron chi connectivity index (χ2n) is 3.17. The minimum Gasteiger partial charge on any atom is -0.389 e. The molecular formula is C12H23ClN2. The zero-order chi connectivity index (χ0) is 12.4. The molecule has 15 heavy (non-hydrogen) atoms. The van der Waals surface area contributed by atoms with Gasteiger partial charge >= 0.3 is 0 Å². The van der Waals surface area contributed by atoms with Gasteiger partial charge in [-0.25, -0.2) is 0 Å². The first-order valence-electron chi connectivity index (χ1n) is 5.03. The average molecular weight is 231 g/mol. The molecule has 0 spiro atoms. The lowest BCUT2D eigenvalue weighted by Gasteiger charge is -2.20. The Morgan fingerprint density at radius 1 is 1.20 bits per heavy atom. The Morgan fingerprint density at radius 2 is 1.67 bits per heavy atom. The highest BCUT2D eigenvalue weighted by molar-refractivity contribution is 6.28. The van der Waals surface area contributed by atoms with Gasteiger partial charge in [0.15, 0.2) is 0 Å². The molecule has 0 unspecified atom stereocenters. The first-order valence-corrected chi connectivity index (χ1v) is 5.41. The molecule has 0 aliphatic carbocycles. The summed E-state index contributed by atoms with van der Waals surface area (Å²) in [7, 11) is 0. The zero-order valence-corrected chi connectivity index (χ0v) is 11.1. The van der Waals surface area contributed by atoms with Crippen molar-refractivity contribution in [3.8, 4) is 0 Å². The van der Waals surface area contributed by atoms with Gasteiger partial charge in [-0.3, -0.25) is 0 Å². The number of nitrogens with one attached hydrogen (secondary N) is 1. The fourth-order valence-electron chi connectivity index (χ4n) is 0.950. The molecule has 0 aromatic carbocycles. The van der Waals surface area contributed by atoms with Crippen LogP contribution in [-0.4, -0.2) is 18.0 Å². The maximum absolute atomic E-state index is 5.61. The van der Waals surface area contributed by atoms with Crippen LogP contribution in [0.5, 0.6) is 0 Å². The van der Waals surface area contributed by atoms with E-state index >= 15 is 0 Å². The second kappa shape index (κ2) is 9.66. The Bertz CT molecular complexity index is 208. The van der Waals surface area contributed by atoms with Crippen LogP contribution in [0.25, 0.3) is 0 Å². The number of nitrogens with zero attached hydrogens (tertiary/aromatic N) is 1. The minimum atomic E-state index is 0.532. The van der Waals surface area contributed by atoms with Crippen molar-refractivity contribution in [2.24, 2.45) is 0 Å². The minimum absolute atomic E-state index is 0.532. The van der Waals surface area contributed by atoms with E-state index < -0.39 is 0 Å². The smallest absolute Gasteiger partial charge is 0.101 e. The second-order valence-corrected chi connectivity index (χ2v) is 3.60. The van der Waals surface area contributed by atoms with Gasteiger partial charge in [-0.2, -0.15) is 0 Å². The van der Waals surface area contributed by atoms with Gasteiger partial charge in [0.25, 0.3) is 0 Å². The molecule has 0 bridgehead atoms. The number of hydrogen-bond donors (Lipinski definition) is 1. The summed E-state index contributed by atoms with van der Waals surface area (Å²) in [5, 5.41) is 3.55. The van der Waals surface area contributed by atoms with Crippen molar-refractivity contribution in [2.45, 2.75) is 27.7 Å². The first kappa shape index (κ1) is 16.5. The summed E-state index contributed by atoms with van der Waals surface area (Å²) in [5.74, 6) is 0. The highest BCUT2D eigenvalue weighted by atomic mass is 35.5. The largest absolute Gasteiger partial charge is 0.389 e. The Hall–Kier alpha value is -0.890. The van der Waals surface area contributed by atoms with Crippen LogP contribution < -0.4 is 5.32 Å². The fraction of sp³-hybridized carbons (Fsp3) is 0.500. The molecule has 0 atom stereocenters. The lowest BCUT2D eigenvalue weighted by molar-refractivity contribution is 0.483. The standard InChI is InChI=1S/C7H12ClN.C5H11N/c1-5-9(6(2)3)7(4)8;1-4-6-5(2)3/h2,4-5H2,1,3H3;6H,2,4H2,1,3H3. The Labute approximate surface area is 99.3 Å². The molecule has 0 aromatic heterocycles. The van der Waals surface area contributed by atoms with Crippen molar-refractivity contribution in [3.05, 3.63) is 36.3 Å². The summed E-state index contributed by atoms with van der Waals surface area (Å²) in [6.45, 7) is 20.7. The van der Waals surface area contributed by atoms with E-state index in [1.54, 1.807) is 0 Å². The van der Waals surface area contributed by atoms with Crippen molar-refractivity contribution in [3.63, 3.8) is 0 Å². The van der Waals surface area contributed by atoms with Gasteiger partial charge < -0.3 is 10.2 Å². The summed E-state index contributed by atoms with van der Waals surface area (Å²) < 4.78 is 0. The van der Waals surface area contributed by atoms with Gasteiger partial charge in [-0.1, -0.05) is 31.3 Å². The Kier molecular flexibility index (Phi) is 10.6. The molecule has 0 aliphatic heterocycles. The Balaban J connectivity index is 0. The average Bonchev–Trinajstić information content (AvgIpc) is 2.03. The maximum Gasteiger partial charge on any atom is 0.101 e. The van der Waals surface area contributed by atoms with E-state index in [2.05, 4.69) is 32.0 Å². The summed E-state index contributed by atoms with van der Waals surface area (Å²) in [6, 6.07) is 0. The lowest BCUT2D eigenvalue weighted by Crippen LogP contribution is -2.15. The third-order valence-corrected chi connectivity index (χ3v) is 1.75. The summed E-state index contributed by atoms with van der Waals surface area (Å²) in [6.07, 6.45) is 0. The monoisotopic (exact) mass is 230 g/mol. The van der Waals surface area contributed by atoms with E-state index in [9.17, 15) is 0 Å². The molecule has 0 aliphatic rings. The highest BCUT2D eigenvalue weighted by Crippen LogP contribution is 2.11. The van der Waals surface area contributed by atoms with Crippen LogP contribution in [0.15, 0.2) is 36.3 Å². The third-order valence-electron chi connectivity index (χ3n) is 1.55. The Morgan fingerprint density at radius 3 is 1.67 bits per heavy atom. The molecule has 0 saturated carbocycles. The lowest BCUT2D eigenvalue weighted by atomic mass is 10.4. The molecule has 0 radical (unpaired) electrons. The maximum atomic E-state index is 5.61. The first-order chi connectivity index (χ1) is 6.86. The summed E-state index contributed by atoms with van der Waals surface area (Å²) in [5.41, 5.74) is 1.97. The molecule has 1 N–H and O–H groups in total. The number of rotatable bonds is 5. The fourth-order valence-corrected chi connectivity index (χ4v) is 1.21. The predicted molar refractivity (Wildman–Crippen MR) is 70.7 cm³/mol. The van der Waals surface area contributed by atoms with Gasteiger partial charge in [0.05, 0.1) is 0 Å². The molecule has 0 aromatic rings. The predicted octanol–water partition coefficient (Wildman–Crippen LogP) is 3.68. The zero-order valence-electron chi connectivity index (χ0n) is 10.4. The van der Waals surface area contributed by atoms with Gasteiger partial charge in [-0.15, -0.1) is 0 Å². The number of hydrogen-bond acceptors (Lipinski definition) is 2. The summed E-state index contributed by atoms with van der Waals surface area (Å²) >= 11 is 5.61. The van der Waals surface area contributed by atoms with Gasteiger partial charge in [0, 0.05) is 24.5 Å². The van der Waals surface area contributed by atoms with Crippen molar-refractivity contribution in [2.75, 3.05) is 13.1 Å². The molecular weight excluding hydrogens is 208 g/mol. The van der Waals surface area contributed by atoms with E-state index in [1.165, 1.54) is 0 Å². The van der Waals surface area contributed by atoms with Crippen molar-refractivity contribution < 1.29 is 0 Å². The molecule has 0 rings (SSSR count). The number of halogens is 1. The normalized spacial score (nSPS) is 8.33. The van der Waals surface area contributed by atoms with Crippen LogP contribution >= 0.6 is 11.6 Å². The van der Waals surface area contributed by atoms with E-state index in [1.807, 2.05) is 25.7 Å². The van der Waals surface area contributed by atoms with Gasteiger partial charge in [-0.05, 0) is 27.7 Å². The number of allylic oxidation sites excluding steroid dienone is 2. The van der Waals surface area contributed by atoms with Crippen LogP contribution in [0, 0.1) is 0 Å². The van der Waals surface area contributed by atoms with Gasteiger partial charge in [0.1, 0.15) is 5.16 Å². The summed E-state index contributed by atoms with van der Waals surface area (Å²) in [4.78, 5) is 1.83. The molecule has 88 valence electrons. The SMILES string of the molecule is C=C(C)N(CC)C(=C)Cl.C=C(C)NCC. The van der Waals surface area contributed by atoms with E-state index in [-0.39, 0.29) is 0 Å². The van der Waals surface area contributed by atoms with Crippen LogP contribution in [0.3, 0.4) is 0 Å². The van der Waals surface area contributed by atoms with Gasteiger partial charge in [0.2, 0.25) is 0 Å². The van der Waals surface area contributed by atoms with Crippen molar-refractivity contribution in [1.29, 1.82) is 0 Å². The molecule has 0 fully saturated rings. The highest BCUT2D eigenvalue weighted by Gasteiger charge is 2.00. The van der Waals surface area contributed by atoms with E-state index in [4.69, 9.17) is 11.6 Å². The molecule has 0 heterocycles. The van der Waals surface area contributed by atoms with E-state index in [0.29, 0.717) is 5.16 Å². The van der Waals surface area contributed by atoms with Crippen LogP contribution in [0.2, 0.25) is 0 Å². The third kappa shape index (κ3) is 11.0. The molecule has 0 saturated heterocycles. The quantitative estimate of drug-likeness (QED) is 0.725.